The Labute approximate surface area is 122 Å². The number of anilines is 1. The SMILES string of the molecule is Cc1cc(Cl)ccc1CNc1ccc(Cl)cc1Cl. The zero-order valence-corrected chi connectivity index (χ0v) is 12.1. The van der Waals surface area contributed by atoms with Crippen molar-refractivity contribution in [3.63, 3.8) is 0 Å². The number of aryl methyl sites for hydroxylation is 1. The van der Waals surface area contributed by atoms with Gasteiger partial charge in [0.05, 0.1) is 10.7 Å². The predicted octanol–water partition coefficient (Wildman–Crippen LogP) is 5.57. The summed E-state index contributed by atoms with van der Waals surface area (Å²) in [6, 6.07) is 11.2. The highest BCUT2D eigenvalue weighted by Crippen LogP contribution is 2.26. The fourth-order valence-corrected chi connectivity index (χ4v) is 2.38. The molecule has 0 amide bonds. The maximum atomic E-state index is 6.09. The van der Waals surface area contributed by atoms with Crippen molar-refractivity contribution in [2.75, 3.05) is 5.32 Å². The molecule has 0 fully saturated rings. The molecule has 0 bridgehead atoms. The Morgan fingerprint density at radius 2 is 1.61 bits per heavy atom. The van der Waals surface area contributed by atoms with Crippen molar-refractivity contribution < 1.29 is 0 Å². The number of halogens is 3. The van der Waals surface area contributed by atoms with Crippen molar-refractivity contribution in [3.8, 4) is 0 Å². The van der Waals surface area contributed by atoms with Crippen LogP contribution in [0.1, 0.15) is 11.1 Å². The number of nitrogens with one attached hydrogen (secondary N) is 1. The fourth-order valence-electron chi connectivity index (χ4n) is 1.68. The molecule has 4 heteroatoms. The van der Waals surface area contributed by atoms with E-state index in [2.05, 4.69) is 5.32 Å². The minimum Gasteiger partial charge on any atom is -0.380 e. The lowest BCUT2D eigenvalue weighted by Crippen LogP contribution is -2.01. The maximum Gasteiger partial charge on any atom is 0.0652 e. The summed E-state index contributed by atoms with van der Waals surface area (Å²) in [6.07, 6.45) is 0. The normalized spacial score (nSPS) is 10.4. The zero-order valence-electron chi connectivity index (χ0n) is 9.81. The molecule has 0 heterocycles. The summed E-state index contributed by atoms with van der Waals surface area (Å²) >= 11 is 17.9. The third-order valence-electron chi connectivity index (χ3n) is 2.71. The van der Waals surface area contributed by atoms with E-state index in [4.69, 9.17) is 34.8 Å². The van der Waals surface area contributed by atoms with Crippen LogP contribution >= 0.6 is 34.8 Å². The van der Waals surface area contributed by atoms with Gasteiger partial charge in [0.25, 0.3) is 0 Å². The van der Waals surface area contributed by atoms with Crippen molar-refractivity contribution in [1.82, 2.24) is 0 Å². The van der Waals surface area contributed by atoms with Crippen LogP contribution in [0.5, 0.6) is 0 Å². The van der Waals surface area contributed by atoms with E-state index in [-0.39, 0.29) is 0 Å². The highest BCUT2D eigenvalue weighted by atomic mass is 35.5. The van der Waals surface area contributed by atoms with Crippen molar-refractivity contribution >= 4 is 40.5 Å². The van der Waals surface area contributed by atoms with E-state index in [9.17, 15) is 0 Å². The zero-order chi connectivity index (χ0) is 13.1. The molecule has 1 nitrogen and oxygen atoms in total. The van der Waals surface area contributed by atoms with Gasteiger partial charge in [-0.05, 0) is 48.4 Å². The van der Waals surface area contributed by atoms with Crippen LogP contribution in [0.4, 0.5) is 5.69 Å². The lowest BCUT2D eigenvalue weighted by molar-refractivity contribution is 1.12. The summed E-state index contributed by atoms with van der Waals surface area (Å²) in [5.74, 6) is 0. The number of benzene rings is 2. The van der Waals surface area contributed by atoms with Crippen LogP contribution in [0.15, 0.2) is 36.4 Å². The van der Waals surface area contributed by atoms with Gasteiger partial charge in [0.1, 0.15) is 0 Å². The van der Waals surface area contributed by atoms with E-state index in [1.807, 2.05) is 37.3 Å². The highest BCUT2D eigenvalue weighted by molar-refractivity contribution is 6.36. The molecule has 0 aromatic heterocycles. The Morgan fingerprint density at radius 3 is 2.28 bits per heavy atom. The molecule has 94 valence electrons. The second-order valence-corrected chi connectivity index (χ2v) is 5.33. The van der Waals surface area contributed by atoms with Gasteiger partial charge in [0.2, 0.25) is 0 Å². The Hall–Kier alpha value is -0.890. The van der Waals surface area contributed by atoms with Crippen molar-refractivity contribution in [3.05, 3.63) is 62.6 Å². The number of hydrogen-bond acceptors (Lipinski definition) is 1. The molecule has 0 saturated carbocycles. The Morgan fingerprint density at radius 1 is 0.944 bits per heavy atom. The van der Waals surface area contributed by atoms with Gasteiger partial charge < -0.3 is 5.32 Å². The summed E-state index contributed by atoms with van der Waals surface area (Å²) in [4.78, 5) is 0. The summed E-state index contributed by atoms with van der Waals surface area (Å²) in [5.41, 5.74) is 3.21. The lowest BCUT2D eigenvalue weighted by Gasteiger charge is -2.11. The van der Waals surface area contributed by atoms with Gasteiger partial charge >= 0.3 is 0 Å². The van der Waals surface area contributed by atoms with Crippen LogP contribution in [0.2, 0.25) is 15.1 Å². The molecule has 2 aromatic carbocycles. The average molecular weight is 301 g/mol. The van der Waals surface area contributed by atoms with E-state index in [1.54, 1.807) is 6.07 Å². The molecule has 0 saturated heterocycles. The molecule has 0 aliphatic rings. The average Bonchev–Trinajstić information content (AvgIpc) is 2.30. The maximum absolute atomic E-state index is 6.09. The molecule has 0 spiro atoms. The van der Waals surface area contributed by atoms with E-state index >= 15 is 0 Å². The molecular formula is C14H12Cl3N. The Kier molecular flexibility index (Phi) is 4.39. The van der Waals surface area contributed by atoms with E-state index < -0.39 is 0 Å². The molecule has 0 aliphatic heterocycles. The predicted molar refractivity (Wildman–Crippen MR) is 80.0 cm³/mol. The third-order valence-corrected chi connectivity index (χ3v) is 3.49. The second kappa shape index (κ2) is 5.83. The highest BCUT2D eigenvalue weighted by Gasteiger charge is 2.03. The van der Waals surface area contributed by atoms with Gasteiger partial charge in [0, 0.05) is 16.6 Å². The van der Waals surface area contributed by atoms with Gasteiger partial charge in [-0.3, -0.25) is 0 Å². The van der Waals surface area contributed by atoms with Gasteiger partial charge in [-0.25, -0.2) is 0 Å². The lowest BCUT2D eigenvalue weighted by atomic mass is 10.1. The van der Waals surface area contributed by atoms with Crippen LogP contribution in [0.25, 0.3) is 0 Å². The quantitative estimate of drug-likeness (QED) is 0.781. The van der Waals surface area contributed by atoms with E-state index in [1.165, 1.54) is 5.56 Å². The topological polar surface area (TPSA) is 12.0 Å². The molecule has 2 aromatic rings. The molecule has 0 atom stereocenters. The van der Waals surface area contributed by atoms with Gasteiger partial charge in [-0.1, -0.05) is 40.9 Å². The fraction of sp³-hybridized carbons (Fsp3) is 0.143. The summed E-state index contributed by atoms with van der Waals surface area (Å²) < 4.78 is 0. The Balaban J connectivity index is 2.11. The van der Waals surface area contributed by atoms with Crippen LogP contribution in [0, 0.1) is 6.92 Å². The van der Waals surface area contributed by atoms with Crippen LogP contribution < -0.4 is 5.32 Å². The van der Waals surface area contributed by atoms with E-state index in [0.29, 0.717) is 16.6 Å². The van der Waals surface area contributed by atoms with Gasteiger partial charge in [-0.2, -0.15) is 0 Å². The first-order valence-electron chi connectivity index (χ1n) is 5.50. The standard InChI is InChI=1S/C14H12Cl3N/c1-9-6-11(15)3-2-10(9)8-18-14-5-4-12(16)7-13(14)17/h2-7,18H,8H2,1H3. The minimum absolute atomic E-state index is 0.620. The summed E-state index contributed by atoms with van der Waals surface area (Å²) in [7, 11) is 0. The first-order valence-corrected chi connectivity index (χ1v) is 6.63. The smallest absolute Gasteiger partial charge is 0.0652 e. The van der Waals surface area contributed by atoms with Crippen LogP contribution in [0.3, 0.4) is 0 Å². The van der Waals surface area contributed by atoms with Crippen molar-refractivity contribution in [2.45, 2.75) is 13.5 Å². The molecule has 2 rings (SSSR count). The summed E-state index contributed by atoms with van der Waals surface area (Å²) in [5, 5.41) is 5.29. The van der Waals surface area contributed by atoms with E-state index in [0.717, 1.165) is 16.3 Å². The van der Waals surface area contributed by atoms with Gasteiger partial charge in [-0.15, -0.1) is 0 Å². The molecular weight excluding hydrogens is 289 g/mol. The third kappa shape index (κ3) is 3.32. The molecule has 0 aliphatic carbocycles. The molecule has 0 radical (unpaired) electrons. The Bertz CT molecular complexity index is 515. The molecule has 1 N–H and O–H groups in total. The number of rotatable bonds is 3. The van der Waals surface area contributed by atoms with Crippen LogP contribution in [-0.4, -0.2) is 0 Å². The molecule has 0 unspecified atom stereocenters. The van der Waals surface area contributed by atoms with Crippen LogP contribution in [-0.2, 0) is 6.54 Å². The minimum atomic E-state index is 0.620. The molecule has 18 heavy (non-hydrogen) atoms. The van der Waals surface area contributed by atoms with Crippen molar-refractivity contribution in [1.29, 1.82) is 0 Å². The second-order valence-electron chi connectivity index (χ2n) is 4.05. The first kappa shape index (κ1) is 13.5. The van der Waals surface area contributed by atoms with Gasteiger partial charge in [0.15, 0.2) is 0 Å². The summed E-state index contributed by atoms with van der Waals surface area (Å²) in [6.45, 7) is 2.73. The largest absolute Gasteiger partial charge is 0.380 e. The van der Waals surface area contributed by atoms with Crippen molar-refractivity contribution in [2.24, 2.45) is 0 Å². The monoisotopic (exact) mass is 299 g/mol. The number of hydrogen-bond donors (Lipinski definition) is 1. The first-order chi connectivity index (χ1) is 8.56.